The van der Waals surface area contributed by atoms with E-state index >= 15 is 0 Å². The molecule has 0 bridgehead atoms. The van der Waals surface area contributed by atoms with Crippen molar-refractivity contribution in [3.05, 3.63) is 45.8 Å². The normalized spacial score (nSPS) is 11.4. The minimum absolute atomic E-state index is 0.201. The minimum Gasteiger partial charge on any atom is -0.476 e. The van der Waals surface area contributed by atoms with Crippen molar-refractivity contribution in [3.63, 3.8) is 0 Å². The van der Waals surface area contributed by atoms with Crippen molar-refractivity contribution < 1.29 is 28.0 Å². The Bertz CT molecular complexity index is 708. The number of carbonyl (C=O) groups is 1. The Labute approximate surface area is 113 Å². The van der Waals surface area contributed by atoms with Crippen molar-refractivity contribution in [2.45, 2.75) is 6.18 Å². The van der Waals surface area contributed by atoms with Crippen LogP contribution >= 0.6 is 0 Å². The molecule has 0 unspecified atom stereocenters. The maximum atomic E-state index is 12.9. The number of hydrogen-bond acceptors (Lipinski definition) is 5. The summed E-state index contributed by atoms with van der Waals surface area (Å²) in [4.78, 5) is 20.5. The summed E-state index contributed by atoms with van der Waals surface area (Å²) < 4.78 is 39.0. The zero-order valence-corrected chi connectivity index (χ0v) is 9.90. The quantitative estimate of drug-likeness (QED) is 0.684. The molecule has 1 aromatic carbocycles. The van der Waals surface area contributed by atoms with Crippen LogP contribution in [-0.4, -0.2) is 31.0 Å². The van der Waals surface area contributed by atoms with Gasteiger partial charge in [0, 0.05) is 12.1 Å². The van der Waals surface area contributed by atoms with Gasteiger partial charge < -0.3 is 5.11 Å². The number of carboxylic acids is 1. The van der Waals surface area contributed by atoms with Crippen molar-refractivity contribution in [1.29, 1.82) is 0 Å². The zero-order chi connectivity index (χ0) is 15.8. The lowest BCUT2D eigenvalue weighted by Crippen LogP contribution is -2.17. The van der Waals surface area contributed by atoms with Gasteiger partial charge in [-0.25, -0.2) is 9.48 Å². The topological polar surface area (TPSA) is 111 Å². The number of halogens is 3. The molecule has 0 aliphatic carbocycles. The molecule has 2 aromatic rings. The van der Waals surface area contributed by atoms with E-state index in [1.54, 1.807) is 0 Å². The Morgan fingerprint density at radius 2 is 1.86 bits per heavy atom. The molecule has 0 spiro atoms. The van der Waals surface area contributed by atoms with Gasteiger partial charge in [-0.3, -0.25) is 10.1 Å². The maximum Gasteiger partial charge on any atom is 0.436 e. The Hall–Kier alpha value is -2.98. The summed E-state index contributed by atoms with van der Waals surface area (Å²) in [5.41, 5.74) is -3.34. The second kappa shape index (κ2) is 4.85. The second-order valence-corrected chi connectivity index (χ2v) is 3.77. The summed E-state index contributed by atoms with van der Waals surface area (Å²) in [5.74, 6) is -1.88. The molecule has 0 amide bonds. The first kappa shape index (κ1) is 14.4. The maximum absolute atomic E-state index is 12.9. The number of benzene rings is 1. The third kappa shape index (κ3) is 2.66. The lowest BCUT2D eigenvalue weighted by Gasteiger charge is -2.09. The van der Waals surface area contributed by atoms with E-state index in [0.29, 0.717) is 0 Å². The van der Waals surface area contributed by atoms with Gasteiger partial charge in [-0.15, -0.1) is 5.10 Å². The van der Waals surface area contributed by atoms with Crippen LogP contribution in [0.5, 0.6) is 0 Å². The third-order valence-electron chi connectivity index (χ3n) is 2.45. The zero-order valence-electron chi connectivity index (χ0n) is 9.90. The van der Waals surface area contributed by atoms with Gasteiger partial charge >= 0.3 is 12.1 Å². The summed E-state index contributed by atoms with van der Waals surface area (Å²) >= 11 is 0. The van der Waals surface area contributed by atoms with E-state index in [1.807, 2.05) is 0 Å². The number of nitrogens with zero attached hydrogens (tertiary/aromatic N) is 4. The van der Waals surface area contributed by atoms with Crippen LogP contribution in [0.3, 0.4) is 0 Å². The smallest absolute Gasteiger partial charge is 0.436 e. The molecule has 0 atom stereocenters. The molecule has 0 saturated carbocycles. The van der Waals surface area contributed by atoms with Crippen molar-refractivity contribution >= 4 is 11.7 Å². The van der Waals surface area contributed by atoms with Crippen LogP contribution in [0.4, 0.5) is 18.9 Å². The molecule has 1 heterocycles. The fraction of sp³-hybridized carbons (Fsp3) is 0.100. The molecule has 1 aromatic heterocycles. The molecule has 110 valence electrons. The highest BCUT2D eigenvalue weighted by atomic mass is 19.4. The van der Waals surface area contributed by atoms with E-state index in [1.165, 1.54) is 0 Å². The minimum atomic E-state index is -5.00. The number of rotatable bonds is 3. The van der Waals surface area contributed by atoms with E-state index in [4.69, 9.17) is 5.11 Å². The van der Waals surface area contributed by atoms with Gasteiger partial charge in [0.25, 0.3) is 5.69 Å². The van der Waals surface area contributed by atoms with Crippen LogP contribution < -0.4 is 0 Å². The number of aromatic nitrogens is 3. The number of hydrogen-bond donors (Lipinski definition) is 1. The average molecular weight is 302 g/mol. The van der Waals surface area contributed by atoms with Crippen LogP contribution in [0, 0.1) is 10.1 Å². The summed E-state index contributed by atoms with van der Waals surface area (Å²) in [5, 5.41) is 25.3. The monoisotopic (exact) mass is 302 g/mol. The summed E-state index contributed by atoms with van der Waals surface area (Å²) in [6.07, 6.45) is -5.00. The van der Waals surface area contributed by atoms with Gasteiger partial charge in [0.1, 0.15) is 0 Å². The molecule has 1 N–H and O–H groups in total. The van der Waals surface area contributed by atoms with E-state index in [9.17, 15) is 28.1 Å². The Balaban J connectivity index is 2.59. The molecule has 0 saturated heterocycles. The highest BCUT2D eigenvalue weighted by Crippen LogP contribution is 2.32. The van der Waals surface area contributed by atoms with Gasteiger partial charge in [-0.05, 0) is 12.1 Å². The van der Waals surface area contributed by atoms with Crippen LogP contribution in [0.15, 0.2) is 24.3 Å². The van der Waals surface area contributed by atoms with Gasteiger partial charge in [0.15, 0.2) is 5.69 Å². The summed E-state index contributed by atoms with van der Waals surface area (Å²) in [6.45, 7) is 0. The fourth-order valence-corrected chi connectivity index (χ4v) is 1.58. The molecule has 21 heavy (non-hydrogen) atoms. The largest absolute Gasteiger partial charge is 0.476 e. The molecule has 11 heteroatoms. The van der Waals surface area contributed by atoms with Crippen LogP contribution in [0.25, 0.3) is 5.69 Å². The van der Waals surface area contributed by atoms with Crippen LogP contribution in [-0.2, 0) is 6.18 Å². The number of alkyl halides is 3. The Morgan fingerprint density at radius 1 is 1.29 bits per heavy atom. The van der Waals surface area contributed by atoms with Crippen molar-refractivity contribution in [1.82, 2.24) is 15.0 Å². The summed E-state index contributed by atoms with van der Waals surface area (Å²) in [7, 11) is 0. The fourth-order valence-electron chi connectivity index (χ4n) is 1.58. The molecular weight excluding hydrogens is 297 g/mol. The summed E-state index contributed by atoms with van der Waals surface area (Å²) in [6, 6.07) is 3.95. The number of carboxylic acid groups (broad SMARTS) is 1. The first-order valence-corrected chi connectivity index (χ1v) is 5.23. The second-order valence-electron chi connectivity index (χ2n) is 3.77. The van der Waals surface area contributed by atoms with E-state index < -0.39 is 28.5 Å². The van der Waals surface area contributed by atoms with E-state index in [2.05, 4.69) is 10.3 Å². The lowest BCUT2D eigenvalue weighted by atomic mass is 10.2. The van der Waals surface area contributed by atoms with Gasteiger partial charge in [-0.2, -0.15) is 13.2 Å². The predicted molar refractivity (Wildman–Crippen MR) is 60.0 cm³/mol. The lowest BCUT2D eigenvalue weighted by molar-refractivity contribution is -0.384. The predicted octanol–water partition coefficient (Wildman–Crippen LogP) is 1.89. The molecule has 2 rings (SSSR count). The molecule has 0 radical (unpaired) electrons. The highest BCUT2D eigenvalue weighted by Gasteiger charge is 2.42. The first-order valence-electron chi connectivity index (χ1n) is 5.23. The molecule has 0 fully saturated rings. The molecule has 0 aliphatic rings. The molecular formula is C10H5F3N4O4. The van der Waals surface area contributed by atoms with Crippen molar-refractivity contribution in [2.24, 2.45) is 0 Å². The molecule has 0 aliphatic heterocycles. The van der Waals surface area contributed by atoms with Crippen molar-refractivity contribution in [3.8, 4) is 5.69 Å². The number of nitro benzene ring substituents is 1. The third-order valence-corrected chi connectivity index (χ3v) is 2.45. The highest BCUT2D eigenvalue weighted by molar-refractivity contribution is 5.86. The Morgan fingerprint density at radius 3 is 2.29 bits per heavy atom. The molecule has 8 nitrogen and oxygen atoms in total. The number of aromatic carboxylic acids is 1. The number of non-ortho nitro benzene ring substituents is 1. The van der Waals surface area contributed by atoms with Gasteiger partial charge in [0.2, 0.25) is 5.69 Å². The van der Waals surface area contributed by atoms with Crippen LogP contribution in [0.1, 0.15) is 16.2 Å². The average Bonchev–Trinajstić information content (AvgIpc) is 2.83. The Kier molecular flexibility index (Phi) is 3.33. The first-order chi connectivity index (χ1) is 9.71. The SMILES string of the molecule is O=C(O)c1nnn(-c2ccc([N+](=O)[O-])cc2)c1C(F)(F)F. The standard InChI is InChI=1S/C10H5F3N4O4/c11-10(12,13)8-7(9(18)19)14-15-16(8)5-1-3-6(4-2-5)17(20)21/h1-4H,(H,18,19). The number of nitro groups is 1. The van der Waals surface area contributed by atoms with Crippen LogP contribution in [0.2, 0.25) is 0 Å². The van der Waals surface area contributed by atoms with E-state index in [-0.39, 0.29) is 16.1 Å². The van der Waals surface area contributed by atoms with Gasteiger partial charge in [-0.1, -0.05) is 5.21 Å². The van der Waals surface area contributed by atoms with Crippen molar-refractivity contribution in [2.75, 3.05) is 0 Å². The van der Waals surface area contributed by atoms with Gasteiger partial charge in [0.05, 0.1) is 10.6 Å². The van der Waals surface area contributed by atoms with E-state index in [0.717, 1.165) is 24.3 Å².